The van der Waals surface area contributed by atoms with Crippen LogP contribution in [0.5, 0.6) is 0 Å². The molecule has 0 amide bonds. The van der Waals surface area contributed by atoms with E-state index in [-0.39, 0.29) is 11.8 Å². The van der Waals surface area contributed by atoms with E-state index in [4.69, 9.17) is 16.6 Å². The number of benzene rings is 1. The van der Waals surface area contributed by atoms with Crippen molar-refractivity contribution in [2.45, 2.75) is 25.2 Å². The molecule has 0 spiro atoms. The van der Waals surface area contributed by atoms with Gasteiger partial charge in [-0.15, -0.1) is 0 Å². The number of sulfonamides is 1. The SMILES string of the molecule is CS(=O)(=O)N1CCC(C2c3ccc(Cl)cc3C(NCCc3c[nH]cn3)=Cc3cccnc32)CC1. The number of hydrogen-bond acceptors (Lipinski definition) is 5. The fourth-order valence-corrected chi connectivity index (χ4v) is 6.19. The predicted octanol–water partition coefficient (Wildman–Crippen LogP) is 3.91. The number of halogens is 1. The van der Waals surface area contributed by atoms with Crippen molar-refractivity contribution in [3.8, 4) is 0 Å². The van der Waals surface area contributed by atoms with Crippen LogP contribution < -0.4 is 5.32 Å². The molecular weight excluding hydrogens is 470 g/mol. The van der Waals surface area contributed by atoms with Gasteiger partial charge in [0.1, 0.15) is 0 Å². The maximum atomic E-state index is 12.1. The highest BCUT2D eigenvalue weighted by molar-refractivity contribution is 7.88. The molecule has 3 aromatic rings. The molecule has 9 heteroatoms. The highest BCUT2D eigenvalue weighted by Crippen LogP contribution is 2.44. The number of imidazole rings is 1. The van der Waals surface area contributed by atoms with Gasteiger partial charge < -0.3 is 10.3 Å². The molecule has 1 atom stereocenters. The number of H-pyrrole nitrogens is 1. The van der Waals surface area contributed by atoms with Crippen LogP contribution >= 0.6 is 11.6 Å². The topological polar surface area (TPSA) is 91.0 Å². The molecule has 2 aromatic heterocycles. The van der Waals surface area contributed by atoms with Gasteiger partial charge in [-0.25, -0.2) is 17.7 Å². The number of aromatic nitrogens is 3. The van der Waals surface area contributed by atoms with Crippen LogP contribution in [0, 0.1) is 5.92 Å². The Labute approximate surface area is 205 Å². The molecule has 0 radical (unpaired) electrons. The Balaban J connectivity index is 1.50. The maximum Gasteiger partial charge on any atom is 0.211 e. The van der Waals surface area contributed by atoms with Crippen LogP contribution in [0.1, 0.15) is 46.8 Å². The fourth-order valence-electron chi connectivity index (χ4n) is 5.14. The Morgan fingerprint density at radius 2 is 2.03 bits per heavy atom. The van der Waals surface area contributed by atoms with E-state index in [1.165, 1.54) is 11.8 Å². The second kappa shape index (κ2) is 9.52. The molecule has 3 heterocycles. The number of fused-ring (bicyclic) bond motifs is 2. The smallest absolute Gasteiger partial charge is 0.211 e. The predicted molar refractivity (Wildman–Crippen MR) is 135 cm³/mol. The minimum Gasteiger partial charge on any atom is -0.384 e. The third-order valence-corrected chi connectivity index (χ3v) is 8.33. The number of aromatic amines is 1. The highest BCUT2D eigenvalue weighted by atomic mass is 35.5. The minimum atomic E-state index is -3.18. The van der Waals surface area contributed by atoms with Gasteiger partial charge in [-0.1, -0.05) is 23.7 Å². The summed E-state index contributed by atoms with van der Waals surface area (Å²) in [6.45, 7) is 1.80. The first-order valence-corrected chi connectivity index (χ1v) is 13.8. The summed E-state index contributed by atoms with van der Waals surface area (Å²) in [6, 6.07) is 10.1. The normalized spacial score (nSPS) is 19.1. The Hall–Kier alpha value is -2.68. The van der Waals surface area contributed by atoms with Gasteiger partial charge >= 0.3 is 0 Å². The van der Waals surface area contributed by atoms with Crippen molar-refractivity contribution < 1.29 is 8.42 Å². The van der Waals surface area contributed by atoms with Crippen molar-refractivity contribution in [1.29, 1.82) is 0 Å². The Bertz CT molecular complexity index is 1300. The monoisotopic (exact) mass is 497 g/mol. The lowest BCUT2D eigenvalue weighted by atomic mass is 9.76. The zero-order chi connectivity index (χ0) is 23.7. The van der Waals surface area contributed by atoms with Crippen LogP contribution in [0.3, 0.4) is 0 Å². The summed E-state index contributed by atoms with van der Waals surface area (Å²) < 4.78 is 25.7. The van der Waals surface area contributed by atoms with E-state index in [0.717, 1.165) is 54.0 Å². The van der Waals surface area contributed by atoms with Crippen LogP contribution in [0.2, 0.25) is 5.02 Å². The molecule has 1 unspecified atom stereocenters. The third kappa shape index (κ3) is 4.76. The van der Waals surface area contributed by atoms with E-state index < -0.39 is 10.0 Å². The molecule has 1 aromatic carbocycles. The molecule has 34 heavy (non-hydrogen) atoms. The van der Waals surface area contributed by atoms with E-state index in [0.29, 0.717) is 18.1 Å². The molecule has 2 N–H and O–H groups in total. The van der Waals surface area contributed by atoms with Gasteiger partial charge in [-0.3, -0.25) is 4.98 Å². The van der Waals surface area contributed by atoms with Crippen molar-refractivity contribution in [1.82, 2.24) is 24.6 Å². The summed E-state index contributed by atoms with van der Waals surface area (Å²) in [5, 5.41) is 4.29. The lowest BCUT2D eigenvalue weighted by Gasteiger charge is -2.35. The van der Waals surface area contributed by atoms with Crippen LogP contribution in [0.15, 0.2) is 49.1 Å². The first-order chi connectivity index (χ1) is 16.4. The summed E-state index contributed by atoms with van der Waals surface area (Å²) in [7, 11) is -3.18. The first-order valence-electron chi connectivity index (χ1n) is 11.5. The van der Waals surface area contributed by atoms with Crippen LogP contribution in [-0.2, 0) is 16.4 Å². The van der Waals surface area contributed by atoms with Gasteiger partial charge in [-0.05, 0) is 54.2 Å². The number of piperidine rings is 1. The molecule has 1 aliphatic carbocycles. The second-order valence-corrected chi connectivity index (χ2v) is 11.4. The number of pyridine rings is 1. The number of nitrogens with zero attached hydrogens (tertiary/aromatic N) is 3. The number of rotatable bonds is 6. The van der Waals surface area contributed by atoms with Crippen molar-refractivity contribution in [2.75, 3.05) is 25.9 Å². The van der Waals surface area contributed by atoms with E-state index in [9.17, 15) is 8.42 Å². The average Bonchev–Trinajstić information content (AvgIpc) is 3.29. The van der Waals surface area contributed by atoms with Crippen LogP contribution in [-0.4, -0.2) is 53.6 Å². The Kier molecular flexibility index (Phi) is 6.46. The molecule has 5 rings (SSSR count). The molecule has 7 nitrogen and oxygen atoms in total. The molecule has 1 fully saturated rings. The van der Waals surface area contributed by atoms with Gasteiger partial charge in [0, 0.05) is 60.6 Å². The molecule has 1 aliphatic heterocycles. The lowest BCUT2D eigenvalue weighted by Crippen LogP contribution is -2.39. The third-order valence-electron chi connectivity index (χ3n) is 6.80. The molecule has 178 valence electrons. The fraction of sp³-hybridized carbons (Fsp3) is 0.360. The maximum absolute atomic E-state index is 12.1. The van der Waals surface area contributed by atoms with E-state index in [1.807, 2.05) is 30.6 Å². The zero-order valence-corrected chi connectivity index (χ0v) is 20.6. The van der Waals surface area contributed by atoms with E-state index in [2.05, 4.69) is 33.5 Å². The van der Waals surface area contributed by atoms with Gasteiger partial charge in [0.15, 0.2) is 0 Å². The Morgan fingerprint density at radius 1 is 1.21 bits per heavy atom. The molecular formula is C25H28ClN5O2S. The van der Waals surface area contributed by atoms with Crippen molar-refractivity contribution >= 4 is 33.4 Å². The molecule has 2 aliphatic rings. The zero-order valence-electron chi connectivity index (χ0n) is 19.0. The molecule has 0 bridgehead atoms. The summed E-state index contributed by atoms with van der Waals surface area (Å²) in [4.78, 5) is 12.1. The number of hydrogen-bond donors (Lipinski definition) is 2. The van der Waals surface area contributed by atoms with Crippen molar-refractivity contribution in [3.05, 3.63) is 82.2 Å². The van der Waals surface area contributed by atoms with Crippen molar-refractivity contribution in [2.24, 2.45) is 5.92 Å². The summed E-state index contributed by atoms with van der Waals surface area (Å²) >= 11 is 6.47. The molecule has 1 saturated heterocycles. The van der Waals surface area contributed by atoms with Gasteiger partial charge in [0.05, 0.1) is 24.0 Å². The standard InChI is InChI=1S/C25H28ClN5O2S/c1-34(32,33)31-11-7-17(8-12-31)24-21-5-4-19(26)14-22(21)23(13-18-3-2-9-29-25(18)24)28-10-6-20-15-27-16-30-20/h2-5,9,13-17,24,28H,6-8,10-12H2,1H3,(H,27,30). The van der Waals surface area contributed by atoms with E-state index in [1.54, 1.807) is 10.6 Å². The van der Waals surface area contributed by atoms with Gasteiger partial charge in [0.2, 0.25) is 10.0 Å². The quantitative estimate of drug-likeness (QED) is 0.539. The number of nitrogens with one attached hydrogen (secondary N) is 2. The molecule has 0 saturated carbocycles. The lowest BCUT2D eigenvalue weighted by molar-refractivity contribution is 0.256. The highest BCUT2D eigenvalue weighted by Gasteiger charge is 2.35. The van der Waals surface area contributed by atoms with Crippen molar-refractivity contribution in [3.63, 3.8) is 0 Å². The van der Waals surface area contributed by atoms with Gasteiger partial charge in [-0.2, -0.15) is 0 Å². The van der Waals surface area contributed by atoms with Crippen LogP contribution in [0.4, 0.5) is 0 Å². The minimum absolute atomic E-state index is 0.0621. The summed E-state index contributed by atoms with van der Waals surface area (Å²) in [5.74, 6) is 0.343. The first kappa shape index (κ1) is 23.1. The van der Waals surface area contributed by atoms with Gasteiger partial charge in [0.25, 0.3) is 0 Å². The van der Waals surface area contributed by atoms with Crippen LogP contribution in [0.25, 0.3) is 11.8 Å². The average molecular weight is 498 g/mol. The Morgan fingerprint density at radius 3 is 2.76 bits per heavy atom. The second-order valence-electron chi connectivity index (χ2n) is 8.98. The van der Waals surface area contributed by atoms with E-state index >= 15 is 0 Å². The summed E-state index contributed by atoms with van der Waals surface area (Å²) in [5.41, 5.74) is 6.38. The largest absolute Gasteiger partial charge is 0.384 e. The summed E-state index contributed by atoms with van der Waals surface area (Å²) in [6.07, 6.45) is 11.3.